The number of ether oxygens (including phenoxy) is 1. The van der Waals surface area contributed by atoms with Crippen LogP contribution in [0.15, 0.2) is 12.4 Å². The number of nitrogens with zero attached hydrogens (tertiary/aromatic N) is 3. The summed E-state index contributed by atoms with van der Waals surface area (Å²) in [6.45, 7) is 6.40. The normalized spacial score (nSPS) is 20.3. The molecule has 1 aromatic heterocycles. The highest BCUT2D eigenvalue weighted by molar-refractivity contribution is 6.31. The minimum Gasteiger partial charge on any atom is -0.377 e. The van der Waals surface area contributed by atoms with Crippen molar-refractivity contribution in [1.82, 2.24) is 9.97 Å². The van der Waals surface area contributed by atoms with E-state index < -0.39 is 0 Å². The highest BCUT2D eigenvalue weighted by Crippen LogP contribution is 2.29. The first-order valence-corrected chi connectivity index (χ1v) is 5.31. The topological polar surface area (TPSA) is 38.2 Å². The predicted octanol–water partition coefficient (Wildman–Crippen LogP) is 1.75. The van der Waals surface area contributed by atoms with Gasteiger partial charge in [0, 0.05) is 18.9 Å². The second-order valence-corrected chi connectivity index (χ2v) is 4.55. The third-order valence-corrected chi connectivity index (χ3v) is 2.80. The van der Waals surface area contributed by atoms with E-state index >= 15 is 0 Å². The largest absolute Gasteiger partial charge is 0.377 e. The number of hydrogen-bond donors (Lipinski definition) is 0. The molecule has 5 heteroatoms. The summed E-state index contributed by atoms with van der Waals surface area (Å²) in [6.07, 6.45) is 3.26. The summed E-state index contributed by atoms with van der Waals surface area (Å²) in [5, 5.41) is 0.451. The number of aromatic nitrogens is 2. The van der Waals surface area contributed by atoms with E-state index in [1.165, 1.54) is 0 Å². The third-order valence-electron chi connectivity index (χ3n) is 2.54. The van der Waals surface area contributed by atoms with Gasteiger partial charge in [0.25, 0.3) is 0 Å². The third kappa shape index (κ3) is 2.06. The van der Waals surface area contributed by atoms with Crippen molar-refractivity contribution in [3.63, 3.8) is 0 Å². The molecule has 1 fully saturated rings. The average Bonchev–Trinajstić information content (AvgIpc) is 2.19. The van der Waals surface area contributed by atoms with Crippen LogP contribution in [-0.2, 0) is 4.74 Å². The van der Waals surface area contributed by atoms with E-state index in [0.717, 1.165) is 12.4 Å². The van der Waals surface area contributed by atoms with Crippen molar-refractivity contribution in [3.05, 3.63) is 17.5 Å². The maximum Gasteiger partial charge on any atom is 0.171 e. The van der Waals surface area contributed by atoms with E-state index in [-0.39, 0.29) is 5.54 Å². The van der Waals surface area contributed by atoms with Crippen molar-refractivity contribution in [2.45, 2.75) is 19.4 Å². The van der Waals surface area contributed by atoms with Crippen molar-refractivity contribution in [3.8, 4) is 0 Å². The molecule has 2 rings (SSSR count). The molecule has 82 valence electrons. The average molecular weight is 228 g/mol. The van der Waals surface area contributed by atoms with Gasteiger partial charge in [0.2, 0.25) is 0 Å². The molecule has 1 saturated heterocycles. The van der Waals surface area contributed by atoms with Crippen molar-refractivity contribution >= 4 is 17.4 Å². The molecule has 1 aromatic rings. The quantitative estimate of drug-likeness (QED) is 0.733. The summed E-state index contributed by atoms with van der Waals surface area (Å²) < 4.78 is 5.44. The van der Waals surface area contributed by atoms with Gasteiger partial charge in [-0.2, -0.15) is 0 Å². The zero-order valence-corrected chi connectivity index (χ0v) is 9.66. The van der Waals surface area contributed by atoms with Gasteiger partial charge in [0.05, 0.1) is 18.8 Å². The van der Waals surface area contributed by atoms with Crippen LogP contribution >= 0.6 is 11.6 Å². The molecule has 0 amide bonds. The second kappa shape index (κ2) is 3.94. The number of rotatable bonds is 1. The Labute approximate surface area is 94.2 Å². The minimum atomic E-state index is -0.0854. The van der Waals surface area contributed by atoms with Crippen molar-refractivity contribution in [2.24, 2.45) is 0 Å². The molecule has 0 saturated carbocycles. The molecule has 0 aliphatic carbocycles. The lowest BCUT2D eigenvalue weighted by Gasteiger charge is -2.42. The fourth-order valence-electron chi connectivity index (χ4n) is 1.75. The molecule has 0 spiro atoms. The number of morpholine rings is 1. The maximum absolute atomic E-state index is 6.03. The number of hydrogen-bond acceptors (Lipinski definition) is 4. The lowest BCUT2D eigenvalue weighted by atomic mass is 10.0. The number of halogens is 1. The Bertz CT molecular complexity index is 356. The fraction of sp³-hybridized carbons (Fsp3) is 0.600. The van der Waals surface area contributed by atoms with Crippen LogP contribution in [0.4, 0.5) is 5.82 Å². The smallest absolute Gasteiger partial charge is 0.171 e. The first kappa shape index (κ1) is 10.6. The summed E-state index contributed by atoms with van der Waals surface area (Å²) in [5.74, 6) is 0.743. The van der Waals surface area contributed by atoms with Crippen LogP contribution in [0.5, 0.6) is 0 Å². The Morgan fingerprint density at radius 1 is 1.40 bits per heavy atom. The van der Waals surface area contributed by atoms with Gasteiger partial charge in [-0.3, -0.25) is 0 Å². The zero-order chi connectivity index (χ0) is 10.9. The molecule has 0 atom stereocenters. The Hall–Kier alpha value is -0.870. The molecule has 0 N–H and O–H groups in total. The summed E-state index contributed by atoms with van der Waals surface area (Å²) in [7, 11) is 0. The lowest BCUT2D eigenvalue weighted by Crippen LogP contribution is -2.53. The van der Waals surface area contributed by atoms with Crippen LogP contribution in [0.25, 0.3) is 0 Å². The highest BCUT2D eigenvalue weighted by atomic mass is 35.5. The van der Waals surface area contributed by atoms with Crippen LogP contribution in [-0.4, -0.2) is 35.3 Å². The van der Waals surface area contributed by atoms with E-state index in [9.17, 15) is 0 Å². The SMILES string of the molecule is CC1(C)COCCN1c1nccnc1Cl. The van der Waals surface area contributed by atoms with Crippen LogP contribution in [0.1, 0.15) is 13.8 Å². The summed E-state index contributed by atoms with van der Waals surface area (Å²) >= 11 is 6.03. The van der Waals surface area contributed by atoms with Gasteiger partial charge in [0.1, 0.15) is 0 Å². The fourth-order valence-corrected chi connectivity index (χ4v) is 1.95. The molecular weight excluding hydrogens is 214 g/mol. The van der Waals surface area contributed by atoms with E-state index in [4.69, 9.17) is 16.3 Å². The lowest BCUT2D eigenvalue weighted by molar-refractivity contribution is 0.0639. The van der Waals surface area contributed by atoms with Crippen LogP contribution in [0.3, 0.4) is 0 Å². The molecule has 15 heavy (non-hydrogen) atoms. The molecule has 1 aliphatic heterocycles. The Morgan fingerprint density at radius 3 is 2.80 bits per heavy atom. The Kier molecular flexibility index (Phi) is 2.80. The molecule has 0 radical (unpaired) electrons. The van der Waals surface area contributed by atoms with E-state index in [2.05, 4.69) is 28.7 Å². The van der Waals surface area contributed by atoms with Crippen molar-refractivity contribution in [1.29, 1.82) is 0 Å². The van der Waals surface area contributed by atoms with E-state index in [1.54, 1.807) is 12.4 Å². The van der Waals surface area contributed by atoms with Gasteiger partial charge in [-0.25, -0.2) is 9.97 Å². The van der Waals surface area contributed by atoms with Gasteiger partial charge >= 0.3 is 0 Å². The van der Waals surface area contributed by atoms with Gasteiger partial charge in [-0.15, -0.1) is 0 Å². The second-order valence-electron chi connectivity index (χ2n) is 4.19. The zero-order valence-electron chi connectivity index (χ0n) is 8.90. The van der Waals surface area contributed by atoms with E-state index in [1.807, 2.05) is 0 Å². The molecule has 0 aromatic carbocycles. The Morgan fingerprint density at radius 2 is 2.13 bits per heavy atom. The molecule has 1 aliphatic rings. The Balaban J connectivity index is 2.33. The van der Waals surface area contributed by atoms with Gasteiger partial charge in [-0.1, -0.05) is 11.6 Å². The number of anilines is 1. The standard InChI is InChI=1S/C10H14ClN3O/c1-10(2)7-15-6-5-14(10)9-8(11)12-3-4-13-9/h3-4H,5-7H2,1-2H3. The predicted molar refractivity (Wildman–Crippen MR) is 59.3 cm³/mol. The first-order chi connectivity index (χ1) is 7.11. The van der Waals surface area contributed by atoms with Crippen molar-refractivity contribution in [2.75, 3.05) is 24.7 Å². The summed E-state index contributed by atoms with van der Waals surface area (Å²) in [5.41, 5.74) is -0.0854. The van der Waals surface area contributed by atoms with Gasteiger partial charge in [-0.05, 0) is 13.8 Å². The summed E-state index contributed by atoms with van der Waals surface area (Å²) in [6, 6.07) is 0. The van der Waals surface area contributed by atoms with Crippen molar-refractivity contribution < 1.29 is 4.74 Å². The molecular formula is C10H14ClN3O. The monoisotopic (exact) mass is 227 g/mol. The highest BCUT2D eigenvalue weighted by Gasteiger charge is 2.32. The first-order valence-electron chi connectivity index (χ1n) is 4.93. The summed E-state index contributed by atoms with van der Waals surface area (Å²) in [4.78, 5) is 10.5. The molecule has 2 heterocycles. The van der Waals surface area contributed by atoms with E-state index in [0.29, 0.717) is 18.4 Å². The van der Waals surface area contributed by atoms with Crippen LogP contribution in [0.2, 0.25) is 5.15 Å². The van der Waals surface area contributed by atoms with Gasteiger partial charge < -0.3 is 9.64 Å². The van der Waals surface area contributed by atoms with Crippen LogP contribution in [0, 0.1) is 0 Å². The molecule has 0 unspecified atom stereocenters. The molecule has 4 nitrogen and oxygen atoms in total. The molecule has 0 bridgehead atoms. The minimum absolute atomic E-state index is 0.0854. The van der Waals surface area contributed by atoms with Gasteiger partial charge in [0.15, 0.2) is 11.0 Å². The van der Waals surface area contributed by atoms with Crippen LogP contribution < -0.4 is 4.90 Å². The maximum atomic E-state index is 6.03.